The predicted molar refractivity (Wildman–Crippen MR) is 116 cm³/mol. The molecule has 0 heterocycles. The molecule has 0 saturated carbocycles. The van der Waals surface area contributed by atoms with Crippen LogP contribution in [0.3, 0.4) is 0 Å². The van der Waals surface area contributed by atoms with E-state index in [1.165, 1.54) is 0 Å². The molecule has 0 aromatic heterocycles. The molecule has 0 aliphatic carbocycles. The van der Waals surface area contributed by atoms with Gasteiger partial charge in [0.1, 0.15) is 11.5 Å². The third kappa shape index (κ3) is 8.68. The molecule has 6 nitrogen and oxygen atoms in total. The predicted octanol–water partition coefficient (Wildman–Crippen LogP) is 5.01. The minimum Gasteiger partial charge on any atom is -0.494 e. The van der Waals surface area contributed by atoms with E-state index in [1.54, 1.807) is 12.1 Å². The molecule has 0 radical (unpaired) electrons. The zero-order valence-electron chi connectivity index (χ0n) is 17.2. The van der Waals surface area contributed by atoms with E-state index in [0.29, 0.717) is 31.0 Å². The average molecular weight is 399 g/mol. The van der Waals surface area contributed by atoms with Crippen molar-refractivity contribution in [2.24, 2.45) is 0 Å². The molecule has 6 heteroatoms. The summed E-state index contributed by atoms with van der Waals surface area (Å²) in [5, 5.41) is 5.68. The topological polar surface area (TPSA) is 76.7 Å². The molecule has 0 unspecified atom stereocenters. The monoisotopic (exact) mass is 398 g/mol. The fourth-order valence-corrected chi connectivity index (χ4v) is 2.62. The van der Waals surface area contributed by atoms with Crippen LogP contribution in [0.5, 0.6) is 11.5 Å². The number of nitrogens with one attached hydrogen (secondary N) is 2. The van der Waals surface area contributed by atoms with Gasteiger partial charge in [0.2, 0.25) is 11.8 Å². The molecule has 0 atom stereocenters. The van der Waals surface area contributed by atoms with Crippen molar-refractivity contribution in [2.75, 3.05) is 23.8 Å². The van der Waals surface area contributed by atoms with Crippen molar-refractivity contribution in [1.29, 1.82) is 0 Å². The van der Waals surface area contributed by atoms with Gasteiger partial charge < -0.3 is 20.1 Å². The Morgan fingerprint density at radius 3 is 1.62 bits per heavy atom. The van der Waals surface area contributed by atoms with E-state index in [-0.39, 0.29) is 24.7 Å². The number of ether oxygens (including phenoxy) is 2. The summed E-state index contributed by atoms with van der Waals surface area (Å²) in [6.07, 6.45) is 2.86. The van der Waals surface area contributed by atoms with Crippen molar-refractivity contribution in [3.63, 3.8) is 0 Å². The molecule has 0 aliphatic heterocycles. The molecular formula is C23H30N2O4. The van der Waals surface area contributed by atoms with Crippen LogP contribution in [0.15, 0.2) is 48.5 Å². The number of amides is 2. The maximum absolute atomic E-state index is 12.1. The zero-order valence-corrected chi connectivity index (χ0v) is 17.2. The molecule has 0 saturated heterocycles. The van der Waals surface area contributed by atoms with Gasteiger partial charge in [-0.3, -0.25) is 9.59 Å². The SMILES string of the molecule is CCCOc1cccc(NC(=O)CCCC(=O)Nc2cccc(OCCC)c2)c1. The van der Waals surface area contributed by atoms with Crippen LogP contribution in [0.25, 0.3) is 0 Å². The molecule has 0 fully saturated rings. The minimum atomic E-state index is -0.125. The first-order valence-corrected chi connectivity index (χ1v) is 10.2. The minimum absolute atomic E-state index is 0.125. The molecule has 2 aromatic rings. The number of anilines is 2. The van der Waals surface area contributed by atoms with Crippen LogP contribution in [0.4, 0.5) is 11.4 Å². The summed E-state index contributed by atoms with van der Waals surface area (Å²) in [7, 11) is 0. The maximum atomic E-state index is 12.1. The first-order valence-electron chi connectivity index (χ1n) is 10.2. The number of carbonyl (C=O) groups is 2. The summed E-state index contributed by atoms with van der Waals surface area (Å²) in [6.45, 7) is 5.36. The highest BCUT2D eigenvalue weighted by Crippen LogP contribution is 2.19. The molecule has 0 spiro atoms. The summed E-state index contributed by atoms with van der Waals surface area (Å²) in [5.74, 6) is 1.21. The largest absolute Gasteiger partial charge is 0.494 e. The molecule has 156 valence electrons. The van der Waals surface area contributed by atoms with Gasteiger partial charge >= 0.3 is 0 Å². The number of carbonyl (C=O) groups excluding carboxylic acids is 2. The van der Waals surface area contributed by atoms with Gasteiger partial charge in [0, 0.05) is 36.3 Å². The smallest absolute Gasteiger partial charge is 0.224 e. The Morgan fingerprint density at radius 2 is 1.21 bits per heavy atom. The summed E-state index contributed by atoms with van der Waals surface area (Å²) in [6, 6.07) is 14.6. The zero-order chi connectivity index (χ0) is 20.9. The lowest BCUT2D eigenvalue weighted by molar-refractivity contribution is -0.117. The second kappa shape index (κ2) is 12.4. The van der Waals surface area contributed by atoms with Crippen molar-refractivity contribution < 1.29 is 19.1 Å². The molecule has 2 aromatic carbocycles. The van der Waals surface area contributed by atoms with E-state index in [0.717, 1.165) is 24.3 Å². The molecule has 0 bridgehead atoms. The molecule has 2 N–H and O–H groups in total. The van der Waals surface area contributed by atoms with E-state index in [1.807, 2.05) is 50.2 Å². The average Bonchev–Trinajstić information content (AvgIpc) is 2.71. The third-order valence-electron chi connectivity index (χ3n) is 3.99. The quantitative estimate of drug-likeness (QED) is 0.527. The number of rotatable bonds is 12. The van der Waals surface area contributed by atoms with Gasteiger partial charge in [0.05, 0.1) is 13.2 Å². The van der Waals surface area contributed by atoms with Crippen molar-refractivity contribution in [3.05, 3.63) is 48.5 Å². The van der Waals surface area contributed by atoms with Gasteiger partial charge in [0.15, 0.2) is 0 Å². The highest BCUT2D eigenvalue weighted by Gasteiger charge is 2.07. The molecule has 29 heavy (non-hydrogen) atoms. The van der Waals surface area contributed by atoms with Crippen molar-refractivity contribution in [3.8, 4) is 11.5 Å². The van der Waals surface area contributed by atoms with Crippen LogP contribution in [-0.2, 0) is 9.59 Å². The van der Waals surface area contributed by atoms with Crippen LogP contribution < -0.4 is 20.1 Å². The van der Waals surface area contributed by atoms with E-state index >= 15 is 0 Å². The molecule has 2 amide bonds. The number of hydrogen-bond donors (Lipinski definition) is 2. The van der Waals surface area contributed by atoms with E-state index in [9.17, 15) is 9.59 Å². The summed E-state index contributed by atoms with van der Waals surface area (Å²) in [4.78, 5) is 24.2. The number of benzene rings is 2. The standard InChI is InChI=1S/C23H30N2O4/c1-3-14-28-20-10-5-8-18(16-20)24-22(26)12-7-13-23(27)25-19-9-6-11-21(17-19)29-15-4-2/h5-6,8-11,16-17H,3-4,7,12-15H2,1-2H3,(H,24,26)(H,25,27). The Bertz CT molecular complexity index is 726. The van der Waals surface area contributed by atoms with Crippen LogP contribution in [0.1, 0.15) is 46.0 Å². The Labute approximate surface area is 172 Å². The number of hydrogen-bond acceptors (Lipinski definition) is 4. The van der Waals surface area contributed by atoms with Crippen LogP contribution in [0, 0.1) is 0 Å². The van der Waals surface area contributed by atoms with Gasteiger partial charge in [-0.25, -0.2) is 0 Å². The van der Waals surface area contributed by atoms with E-state index in [4.69, 9.17) is 9.47 Å². The lowest BCUT2D eigenvalue weighted by atomic mass is 10.2. The summed E-state index contributed by atoms with van der Waals surface area (Å²) < 4.78 is 11.1. The fourth-order valence-electron chi connectivity index (χ4n) is 2.62. The highest BCUT2D eigenvalue weighted by molar-refractivity contribution is 5.93. The Morgan fingerprint density at radius 1 is 0.759 bits per heavy atom. The van der Waals surface area contributed by atoms with Gasteiger partial charge in [0.25, 0.3) is 0 Å². The van der Waals surface area contributed by atoms with Gasteiger partial charge in [-0.2, -0.15) is 0 Å². The maximum Gasteiger partial charge on any atom is 0.224 e. The van der Waals surface area contributed by atoms with E-state index in [2.05, 4.69) is 10.6 Å². The van der Waals surface area contributed by atoms with Gasteiger partial charge in [-0.1, -0.05) is 26.0 Å². The van der Waals surface area contributed by atoms with Gasteiger partial charge in [-0.15, -0.1) is 0 Å². The van der Waals surface area contributed by atoms with Crippen LogP contribution in [0.2, 0.25) is 0 Å². The molecule has 0 aliphatic rings. The van der Waals surface area contributed by atoms with Gasteiger partial charge in [-0.05, 0) is 43.5 Å². The lowest BCUT2D eigenvalue weighted by Gasteiger charge is -2.09. The van der Waals surface area contributed by atoms with Crippen molar-refractivity contribution in [2.45, 2.75) is 46.0 Å². The third-order valence-corrected chi connectivity index (χ3v) is 3.99. The Balaban J connectivity index is 1.72. The summed E-state index contributed by atoms with van der Waals surface area (Å²) in [5.41, 5.74) is 1.38. The fraction of sp³-hybridized carbons (Fsp3) is 0.391. The normalized spacial score (nSPS) is 10.3. The van der Waals surface area contributed by atoms with Crippen molar-refractivity contribution >= 4 is 23.2 Å². The molecular weight excluding hydrogens is 368 g/mol. The first-order chi connectivity index (χ1) is 14.1. The highest BCUT2D eigenvalue weighted by atomic mass is 16.5. The van der Waals surface area contributed by atoms with E-state index < -0.39 is 0 Å². The lowest BCUT2D eigenvalue weighted by Crippen LogP contribution is -2.15. The van der Waals surface area contributed by atoms with Crippen molar-refractivity contribution in [1.82, 2.24) is 0 Å². The first kappa shape index (κ1) is 22.3. The molecule has 2 rings (SSSR count). The second-order valence-corrected chi connectivity index (χ2v) is 6.70. The van der Waals surface area contributed by atoms with Crippen LogP contribution in [-0.4, -0.2) is 25.0 Å². The Kier molecular flexibility index (Phi) is 9.55. The summed E-state index contributed by atoms with van der Waals surface area (Å²) >= 11 is 0. The second-order valence-electron chi connectivity index (χ2n) is 6.70. The Hall–Kier alpha value is -3.02. The van der Waals surface area contributed by atoms with Crippen LogP contribution >= 0.6 is 0 Å².